The van der Waals surface area contributed by atoms with E-state index < -0.39 is 0 Å². The van der Waals surface area contributed by atoms with Crippen LogP contribution in [0.5, 0.6) is 5.75 Å². The van der Waals surface area contributed by atoms with Gasteiger partial charge in [-0.3, -0.25) is 14.7 Å². The molecule has 2 saturated heterocycles. The summed E-state index contributed by atoms with van der Waals surface area (Å²) in [4.78, 5) is 21.9. The molecule has 1 aromatic carbocycles. The van der Waals surface area contributed by atoms with Crippen LogP contribution < -0.4 is 10.1 Å². The van der Waals surface area contributed by atoms with Gasteiger partial charge in [-0.2, -0.15) is 0 Å². The van der Waals surface area contributed by atoms with E-state index in [1.54, 1.807) is 7.11 Å². The van der Waals surface area contributed by atoms with E-state index in [0.29, 0.717) is 13.2 Å². The molecule has 7 nitrogen and oxygen atoms in total. The molecule has 172 valence electrons. The average molecular weight is 431 g/mol. The Hall–Kier alpha value is -2.28. The van der Waals surface area contributed by atoms with Gasteiger partial charge in [0, 0.05) is 19.6 Å². The highest BCUT2D eigenvalue weighted by Gasteiger charge is 2.28. The Labute approximate surface area is 186 Å². The number of rotatable bonds is 8. The molecule has 0 spiro atoms. The Morgan fingerprint density at radius 2 is 1.81 bits per heavy atom. The van der Waals surface area contributed by atoms with Crippen LogP contribution >= 0.6 is 0 Å². The van der Waals surface area contributed by atoms with Gasteiger partial charge in [-0.25, -0.2) is 0 Å². The summed E-state index contributed by atoms with van der Waals surface area (Å²) in [6, 6.07) is 8.66. The van der Waals surface area contributed by atoms with Gasteiger partial charge in [-0.15, -0.1) is 0 Å². The van der Waals surface area contributed by atoms with Crippen LogP contribution in [0.4, 0.5) is 0 Å². The molecular weight excluding hydrogens is 392 g/mol. The molecule has 1 atom stereocenters. The maximum absolute atomic E-state index is 12.1. The minimum absolute atomic E-state index is 0.00993. The number of esters is 1. The van der Waals surface area contributed by atoms with Crippen molar-refractivity contribution in [3.8, 4) is 5.75 Å². The van der Waals surface area contributed by atoms with Crippen LogP contribution in [0, 0.1) is 5.92 Å². The molecule has 0 saturated carbocycles. The standard InChI is InChI=1S/C24H38N4O3/c1-4-25-24(28-16-12-20(13-17-28)23(29)31-5-2)26-18-22(27-14-6-7-15-27)19-8-10-21(30-3)11-9-19/h8-11,20,22H,4-7,12-18H2,1-3H3,(H,25,26). The Morgan fingerprint density at radius 1 is 1.13 bits per heavy atom. The normalized spacial score (nSPS) is 19.3. The molecule has 1 aromatic rings. The molecule has 0 aliphatic carbocycles. The smallest absolute Gasteiger partial charge is 0.309 e. The summed E-state index contributed by atoms with van der Waals surface area (Å²) in [6.07, 6.45) is 4.13. The number of guanidine groups is 1. The largest absolute Gasteiger partial charge is 0.497 e. The van der Waals surface area contributed by atoms with E-state index in [9.17, 15) is 4.79 Å². The number of carbonyl (C=O) groups is 1. The number of piperidine rings is 1. The molecule has 0 bridgehead atoms. The van der Waals surface area contributed by atoms with Crippen molar-refractivity contribution in [2.24, 2.45) is 10.9 Å². The molecule has 7 heteroatoms. The lowest BCUT2D eigenvalue weighted by Gasteiger charge is -2.34. The predicted octanol–water partition coefficient (Wildman–Crippen LogP) is 3.07. The highest BCUT2D eigenvalue weighted by Crippen LogP contribution is 2.27. The lowest BCUT2D eigenvalue weighted by molar-refractivity contribution is -0.149. The van der Waals surface area contributed by atoms with Crippen molar-refractivity contribution < 1.29 is 14.3 Å². The zero-order valence-electron chi connectivity index (χ0n) is 19.3. The summed E-state index contributed by atoms with van der Waals surface area (Å²) in [6.45, 7) is 9.84. The van der Waals surface area contributed by atoms with E-state index in [-0.39, 0.29) is 17.9 Å². The first-order valence-electron chi connectivity index (χ1n) is 11.7. The van der Waals surface area contributed by atoms with E-state index in [1.165, 1.54) is 18.4 Å². The molecular formula is C24H38N4O3. The van der Waals surface area contributed by atoms with Gasteiger partial charge in [-0.1, -0.05) is 12.1 Å². The third kappa shape index (κ3) is 6.35. The molecule has 0 aromatic heterocycles. The Kier molecular flexibility index (Phi) is 9.00. The number of ether oxygens (including phenoxy) is 2. The van der Waals surface area contributed by atoms with E-state index in [0.717, 1.165) is 57.3 Å². The first-order valence-corrected chi connectivity index (χ1v) is 11.7. The van der Waals surface area contributed by atoms with Crippen LogP contribution in [0.1, 0.15) is 51.1 Å². The predicted molar refractivity (Wildman–Crippen MR) is 123 cm³/mol. The van der Waals surface area contributed by atoms with Crippen molar-refractivity contribution in [1.82, 2.24) is 15.1 Å². The topological polar surface area (TPSA) is 66.4 Å². The highest BCUT2D eigenvalue weighted by atomic mass is 16.5. The van der Waals surface area contributed by atoms with Gasteiger partial charge < -0.3 is 19.7 Å². The van der Waals surface area contributed by atoms with Gasteiger partial charge >= 0.3 is 5.97 Å². The fourth-order valence-electron chi connectivity index (χ4n) is 4.50. The number of likely N-dealkylation sites (tertiary alicyclic amines) is 2. The van der Waals surface area contributed by atoms with Crippen molar-refractivity contribution in [2.75, 3.05) is 53.0 Å². The third-order valence-electron chi connectivity index (χ3n) is 6.25. The van der Waals surface area contributed by atoms with E-state index >= 15 is 0 Å². The molecule has 0 radical (unpaired) electrons. The van der Waals surface area contributed by atoms with Crippen LogP contribution in [-0.4, -0.2) is 74.7 Å². The monoisotopic (exact) mass is 430 g/mol. The molecule has 3 rings (SSSR count). The van der Waals surface area contributed by atoms with Gasteiger partial charge in [0.15, 0.2) is 5.96 Å². The van der Waals surface area contributed by atoms with Gasteiger partial charge in [0.05, 0.1) is 32.2 Å². The summed E-state index contributed by atoms with van der Waals surface area (Å²) in [7, 11) is 1.70. The van der Waals surface area contributed by atoms with Gasteiger partial charge in [0.1, 0.15) is 5.75 Å². The third-order valence-corrected chi connectivity index (χ3v) is 6.25. The number of nitrogens with one attached hydrogen (secondary N) is 1. The Bertz CT molecular complexity index is 708. The van der Waals surface area contributed by atoms with E-state index in [4.69, 9.17) is 14.5 Å². The quantitative estimate of drug-likeness (QED) is 0.388. The fraction of sp³-hybridized carbons (Fsp3) is 0.667. The zero-order valence-corrected chi connectivity index (χ0v) is 19.3. The Morgan fingerprint density at radius 3 is 2.39 bits per heavy atom. The average Bonchev–Trinajstić information content (AvgIpc) is 3.34. The van der Waals surface area contributed by atoms with Crippen LogP contribution in [-0.2, 0) is 9.53 Å². The number of hydrogen-bond acceptors (Lipinski definition) is 5. The second-order valence-electron chi connectivity index (χ2n) is 8.24. The molecule has 31 heavy (non-hydrogen) atoms. The summed E-state index contributed by atoms with van der Waals surface area (Å²) in [5.41, 5.74) is 1.28. The van der Waals surface area contributed by atoms with E-state index in [1.807, 2.05) is 19.1 Å². The SMILES string of the molecule is CCNC(=NCC(c1ccc(OC)cc1)N1CCCC1)N1CCC(C(=O)OCC)CC1. The molecule has 0 amide bonds. The molecule has 1 unspecified atom stereocenters. The van der Waals surface area contributed by atoms with Crippen LogP contribution in [0.3, 0.4) is 0 Å². The van der Waals surface area contributed by atoms with Gasteiger partial charge in [0.2, 0.25) is 0 Å². The van der Waals surface area contributed by atoms with Crippen molar-refractivity contribution in [1.29, 1.82) is 0 Å². The minimum Gasteiger partial charge on any atom is -0.497 e. The van der Waals surface area contributed by atoms with Crippen molar-refractivity contribution >= 4 is 11.9 Å². The number of benzene rings is 1. The first-order chi connectivity index (χ1) is 15.2. The van der Waals surface area contributed by atoms with Crippen LogP contribution in [0.15, 0.2) is 29.3 Å². The second kappa shape index (κ2) is 11.9. The minimum atomic E-state index is -0.0577. The van der Waals surface area contributed by atoms with Crippen molar-refractivity contribution in [2.45, 2.75) is 45.6 Å². The highest BCUT2D eigenvalue weighted by molar-refractivity contribution is 5.80. The molecule has 2 aliphatic heterocycles. The van der Waals surface area contributed by atoms with Gasteiger partial charge in [0.25, 0.3) is 0 Å². The number of aliphatic imine (C=N–C) groups is 1. The van der Waals surface area contributed by atoms with Crippen molar-refractivity contribution in [3.05, 3.63) is 29.8 Å². The number of hydrogen-bond donors (Lipinski definition) is 1. The Balaban J connectivity index is 1.69. The molecule has 2 fully saturated rings. The van der Waals surface area contributed by atoms with E-state index in [2.05, 4.69) is 34.2 Å². The lowest BCUT2D eigenvalue weighted by Crippen LogP contribution is -2.47. The molecule has 2 heterocycles. The molecule has 1 N–H and O–H groups in total. The van der Waals surface area contributed by atoms with Gasteiger partial charge in [-0.05, 0) is 70.3 Å². The summed E-state index contributed by atoms with van der Waals surface area (Å²) < 4.78 is 10.5. The maximum Gasteiger partial charge on any atom is 0.309 e. The maximum atomic E-state index is 12.1. The zero-order chi connectivity index (χ0) is 22.1. The lowest BCUT2D eigenvalue weighted by atomic mass is 9.97. The second-order valence-corrected chi connectivity index (χ2v) is 8.24. The number of nitrogens with zero attached hydrogens (tertiary/aromatic N) is 3. The van der Waals surface area contributed by atoms with Crippen LogP contribution in [0.25, 0.3) is 0 Å². The fourth-order valence-corrected chi connectivity index (χ4v) is 4.50. The van der Waals surface area contributed by atoms with Crippen molar-refractivity contribution in [3.63, 3.8) is 0 Å². The summed E-state index contributed by atoms with van der Waals surface area (Å²) in [5, 5.41) is 3.46. The number of carbonyl (C=O) groups excluding carboxylic acids is 1. The van der Waals surface area contributed by atoms with Crippen LogP contribution in [0.2, 0.25) is 0 Å². The molecule has 2 aliphatic rings. The summed E-state index contributed by atoms with van der Waals surface area (Å²) in [5.74, 6) is 1.78. The number of methoxy groups -OCH3 is 1. The first kappa shape index (κ1) is 23.4. The summed E-state index contributed by atoms with van der Waals surface area (Å²) >= 11 is 0.